The minimum absolute atomic E-state index is 0.347. The molecule has 2 N–H and O–H groups in total. The van der Waals surface area contributed by atoms with Crippen molar-refractivity contribution in [1.82, 2.24) is 0 Å². The molecule has 0 spiro atoms. The predicted molar refractivity (Wildman–Crippen MR) is 103 cm³/mol. The molecule has 0 aliphatic heterocycles. The van der Waals surface area contributed by atoms with Crippen LogP contribution in [0.1, 0.15) is 23.1 Å². The molecule has 2 rings (SSSR count). The number of hydrogen-bond acceptors (Lipinski definition) is 4. The number of aryl methyl sites for hydroxylation is 3. The maximum absolute atomic E-state index is 12.7. The van der Waals surface area contributed by atoms with Gasteiger partial charge < -0.3 is 10.1 Å². The molecule has 0 unspecified atom stereocenters. The molecule has 0 aliphatic carbocycles. The highest BCUT2D eigenvalue weighted by atomic mass is 32.2. The van der Waals surface area contributed by atoms with Crippen LogP contribution in [0.25, 0.3) is 0 Å². The van der Waals surface area contributed by atoms with Crippen LogP contribution in [0.3, 0.4) is 0 Å². The van der Waals surface area contributed by atoms with E-state index in [4.69, 9.17) is 4.74 Å². The first-order valence-electron chi connectivity index (χ1n) is 8.27. The summed E-state index contributed by atoms with van der Waals surface area (Å²) in [5.41, 5.74) is 4.05. The van der Waals surface area contributed by atoms with Crippen LogP contribution in [0, 0.1) is 20.8 Å². The Kier molecular flexibility index (Phi) is 6.45. The topological polar surface area (TPSA) is 67.4 Å². The maximum atomic E-state index is 12.7. The van der Waals surface area contributed by atoms with E-state index in [1.807, 2.05) is 45.0 Å². The molecular weight excluding hydrogens is 336 g/mol. The first kappa shape index (κ1) is 19.3. The van der Waals surface area contributed by atoms with Crippen molar-refractivity contribution in [3.63, 3.8) is 0 Å². The van der Waals surface area contributed by atoms with Crippen molar-refractivity contribution in [2.45, 2.75) is 32.1 Å². The predicted octanol–water partition coefficient (Wildman–Crippen LogP) is 3.86. The van der Waals surface area contributed by atoms with Gasteiger partial charge in [0.05, 0.1) is 4.90 Å². The van der Waals surface area contributed by atoms with Gasteiger partial charge in [-0.3, -0.25) is 4.72 Å². The Balaban J connectivity index is 2.11. The van der Waals surface area contributed by atoms with Gasteiger partial charge in [-0.1, -0.05) is 17.7 Å². The Morgan fingerprint density at radius 1 is 0.960 bits per heavy atom. The number of benzene rings is 2. The smallest absolute Gasteiger partial charge is 0.262 e. The van der Waals surface area contributed by atoms with Gasteiger partial charge in [0.25, 0.3) is 10.0 Å². The summed E-state index contributed by atoms with van der Waals surface area (Å²) in [6.45, 7) is 7.12. The molecule has 0 aliphatic rings. The third-order valence-electron chi connectivity index (χ3n) is 3.86. The minimum atomic E-state index is -3.62. The molecule has 2 aromatic rings. The largest absolute Gasteiger partial charge is 0.385 e. The lowest BCUT2D eigenvalue weighted by Gasteiger charge is -2.14. The van der Waals surface area contributed by atoms with Gasteiger partial charge in [-0.15, -0.1) is 0 Å². The molecule has 0 radical (unpaired) electrons. The van der Waals surface area contributed by atoms with Crippen molar-refractivity contribution in [2.24, 2.45) is 0 Å². The summed E-state index contributed by atoms with van der Waals surface area (Å²) in [6, 6.07) is 11.0. The average Bonchev–Trinajstić information content (AvgIpc) is 2.51. The second kappa shape index (κ2) is 8.36. The summed E-state index contributed by atoms with van der Waals surface area (Å²) in [5, 5.41) is 3.27. The van der Waals surface area contributed by atoms with Crippen LogP contribution in [-0.4, -0.2) is 28.7 Å². The van der Waals surface area contributed by atoms with E-state index in [1.165, 1.54) is 0 Å². The summed E-state index contributed by atoms with van der Waals surface area (Å²) in [4.78, 5) is 0.347. The summed E-state index contributed by atoms with van der Waals surface area (Å²) < 4.78 is 33.2. The van der Waals surface area contributed by atoms with E-state index in [0.29, 0.717) is 17.2 Å². The SMILES string of the molecule is COCCCNc1ccc(NS(=O)(=O)c2c(C)cc(C)cc2C)cc1. The fourth-order valence-corrected chi connectivity index (χ4v) is 4.42. The number of rotatable bonds is 8. The lowest BCUT2D eigenvalue weighted by molar-refractivity contribution is 0.198. The van der Waals surface area contributed by atoms with Gasteiger partial charge in [-0.2, -0.15) is 0 Å². The average molecular weight is 362 g/mol. The molecule has 0 amide bonds. The number of anilines is 2. The Labute approximate surface area is 150 Å². The molecule has 0 fully saturated rings. The summed E-state index contributed by atoms with van der Waals surface area (Å²) >= 11 is 0. The van der Waals surface area contributed by atoms with Crippen LogP contribution in [0.5, 0.6) is 0 Å². The minimum Gasteiger partial charge on any atom is -0.385 e. The number of nitrogens with one attached hydrogen (secondary N) is 2. The lowest BCUT2D eigenvalue weighted by atomic mass is 10.1. The highest BCUT2D eigenvalue weighted by Gasteiger charge is 2.19. The Bertz CT molecular complexity index is 792. The molecular formula is C19H26N2O3S. The fraction of sp³-hybridized carbons (Fsp3) is 0.368. The van der Waals surface area contributed by atoms with E-state index >= 15 is 0 Å². The first-order chi connectivity index (χ1) is 11.8. The second-order valence-electron chi connectivity index (χ2n) is 6.18. The van der Waals surface area contributed by atoms with Gasteiger partial charge in [0.2, 0.25) is 0 Å². The zero-order chi connectivity index (χ0) is 18.4. The molecule has 5 nitrogen and oxygen atoms in total. The standard InChI is InChI=1S/C19H26N2O3S/c1-14-12-15(2)19(16(3)13-14)25(22,23)21-18-8-6-17(7-9-18)20-10-5-11-24-4/h6-9,12-13,20-21H,5,10-11H2,1-4H3. The molecule has 0 saturated heterocycles. The van der Waals surface area contributed by atoms with E-state index in [9.17, 15) is 8.42 Å². The summed E-state index contributed by atoms with van der Waals surface area (Å²) in [5.74, 6) is 0. The Morgan fingerprint density at radius 2 is 1.52 bits per heavy atom. The van der Waals surface area contributed by atoms with Gasteiger partial charge in [0.1, 0.15) is 0 Å². The van der Waals surface area contributed by atoms with Crippen LogP contribution in [0.15, 0.2) is 41.3 Å². The Hall–Kier alpha value is -2.05. The number of hydrogen-bond donors (Lipinski definition) is 2. The fourth-order valence-electron chi connectivity index (χ4n) is 2.90. The zero-order valence-electron chi connectivity index (χ0n) is 15.2. The van der Waals surface area contributed by atoms with Gasteiger partial charge in [0.15, 0.2) is 0 Å². The lowest BCUT2D eigenvalue weighted by Crippen LogP contribution is -2.16. The molecule has 0 atom stereocenters. The molecule has 2 aromatic carbocycles. The van der Waals surface area contributed by atoms with Crippen molar-refractivity contribution < 1.29 is 13.2 Å². The number of ether oxygens (including phenoxy) is 1. The van der Waals surface area contributed by atoms with Crippen molar-refractivity contribution in [1.29, 1.82) is 0 Å². The van der Waals surface area contributed by atoms with Gasteiger partial charge >= 0.3 is 0 Å². The molecule has 25 heavy (non-hydrogen) atoms. The molecule has 0 heterocycles. The van der Waals surface area contributed by atoms with Crippen LogP contribution < -0.4 is 10.0 Å². The van der Waals surface area contributed by atoms with E-state index in [0.717, 1.165) is 35.3 Å². The highest BCUT2D eigenvalue weighted by molar-refractivity contribution is 7.92. The van der Waals surface area contributed by atoms with Crippen molar-refractivity contribution in [2.75, 3.05) is 30.3 Å². The van der Waals surface area contributed by atoms with Crippen molar-refractivity contribution in [3.05, 3.63) is 53.1 Å². The molecule has 136 valence electrons. The van der Waals surface area contributed by atoms with Crippen LogP contribution in [0.4, 0.5) is 11.4 Å². The van der Waals surface area contributed by atoms with E-state index < -0.39 is 10.0 Å². The van der Waals surface area contributed by atoms with Gasteiger partial charge in [-0.05, 0) is 62.6 Å². The molecule has 0 aromatic heterocycles. The normalized spacial score (nSPS) is 11.4. The van der Waals surface area contributed by atoms with Crippen molar-refractivity contribution >= 4 is 21.4 Å². The third-order valence-corrected chi connectivity index (χ3v) is 5.55. The van der Waals surface area contributed by atoms with Crippen LogP contribution in [0.2, 0.25) is 0 Å². The maximum Gasteiger partial charge on any atom is 0.262 e. The third kappa shape index (κ3) is 5.21. The van der Waals surface area contributed by atoms with Gasteiger partial charge in [-0.25, -0.2) is 8.42 Å². The molecule has 0 bridgehead atoms. The number of sulfonamides is 1. The van der Waals surface area contributed by atoms with E-state index in [2.05, 4.69) is 10.0 Å². The van der Waals surface area contributed by atoms with Crippen LogP contribution in [-0.2, 0) is 14.8 Å². The monoisotopic (exact) mass is 362 g/mol. The van der Waals surface area contributed by atoms with Crippen molar-refractivity contribution in [3.8, 4) is 0 Å². The summed E-state index contributed by atoms with van der Waals surface area (Å²) in [7, 11) is -1.94. The zero-order valence-corrected chi connectivity index (χ0v) is 16.0. The Morgan fingerprint density at radius 3 is 2.08 bits per heavy atom. The van der Waals surface area contributed by atoms with Gasteiger partial charge in [0, 0.05) is 31.6 Å². The van der Waals surface area contributed by atoms with E-state index in [1.54, 1.807) is 19.2 Å². The number of methoxy groups -OCH3 is 1. The summed E-state index contributed by atoms with van der Waals surface area (Å²) in [6.07, 6.45) is 0.914. The highest BCUT2D eigenvalue weighted by Crippen LogP contribution is 2.25. The first-order valence-corrected chi connectivity index (χ1v) is 9.75. The second-order valence-corrected chi connectivity index (χ2v) is 7.80. The van der Waals surface area contributed by atoms with E-state index in [-0.39, 0.29) is 0 Å². The molecule has 0 saturated carbocycles. The molecule has 6 heteroatoms. The van der Waals surface area contributed by atoms with Crippen LogP contribution >= 0.6 is 0 Å². The quantitative estimate of drug-likeness (QED) is 0.700.